The zero-order valence-electron chi connectivity index (χ0n) is 11.3. The van der Waals surface area contributed by atoms with Crippen LogP contribution in [0.3, 0.4) is 0 Å². The summed E-state index contributed by atoms with van der Waals surface area (Å²) in [6.45, 7) is 4.48. The number of hydrogen-bond acceptors (Lipinski definition) is 4. The second-order valence-electron chi connectivity index (χ2n) is 4.87. The van der Waals surface area contributed by atoms with Gasteiger partial charge in [-0.2, -0.15) is 5.10 Å². The minimum atomic E-state index is -0.773. The summed E-state index contributed by atoms with van der Waals surface area (Å²) in [6.07, 6.45) is 1.72. The Morgan fingerprint density at radius 2 is 2.37 bits per heavy atom. The molecule has 2 rings (SSSR count). The fourth-order valence-electron chi connectivity index (χ4n) is 2.36. The number of aromatic nitrogens is 2. The Labute approximate surface area is 113 Å². The Bertz CT molecular complexity index is 431. The van der Waals surface area contributed by atoms with E-state index in [1.165, 1.54) is 5.69 Å². The van der Waals surface area contributed by atoms with Crippen molar-refractivity contribution < 1.29 is 14.6 Å². The SMILES string of the molecule is COCCN1CCCn2nc(CCC(=O)O)cc2C1. The lowest BCUT2D eigenvalue weighted by Crippen LogP contribution is -2.27. The zero-order valence-corrected chi connectivity index (χ0v) is 11.3. The van der Waals surface area contributed by atoms with Crippen LogP contribution in [0.4, 0.5) is 0 Å². The minimum Gasteiger partial charge on any atom is -0.481 e. The van der Waals surface area contributed by atoms with E-state index < -0.39 is 5.97 Å². The minimum absolute atomic E-state index is 0.143. The van der Waals surface area contributed by atoms with E-state index in [0.717, 1.165) is 44.9 Å². The Balaban J connectivity index is 1.98. The average Bonchev–Trinajstić information content (AvgIpc) is 2.66. The van der Waals surface area contributed by atoms with Crippen LogP contribution in [0.15, 0.2) is 6.07 Å². The molecule has 0 amide bonds. The average molecular weight is 267 g/mol. The van der Waals surface area contributed by atoms with Crippen LogP contribution in [0.2, 0.25) is 0 Å². The van der Waals surface area contributed by atoms with E-state index in [-0.39, 0.29) is 6.42 Å². The van der Waals surface area contributed by atoms with E-state index in [1.54, 1.807) is 7.11 Å². The van der Waals surface area contributed by atoms with Crippen LogP contribution >= 0.6 is 0 Å². The van der Waals surface area contributed by atoms with Gasteiger partial charge in [-0.05, 0) is 12.5 Å². The highest BCUT2D eigenvalue weighted by molar-refractivity contribution is 5.66. The molecule has 1 aliphatic heterocycles. The van der Waals surface area contributed by atoms with Crippen LogP contribution in [-0.2, 0) is 29.0 Å². The molecular formula is C13H21N3O3. The van der Waals surface area contributed by atoms with Gasteiger partial charge in [-0.15, -0.1) is 0 Å². The molecular weight excluding hydrogens is 246 g/mol. The number of methoxy groups -OCH3 is 1. The molecule has 1 aromatic rings. The molecule has 106 valence electrons. The Morgan fingerprint density at radius 1 is 1.53 bits per heavy atom. The topological polar surface area (TPSA) is 67.6 Å². The quantitative estimate of drug-likeness (QED) is 0.824. The number of hydrogen-bond donors (Lipinski definition) is 1. The van der Waals surface area contributed by atoms with Gasteiger partial charge in [0.1, 0.15) is 0 Å². The highest BCUT2D eigenvalue weighted by atomic mass is 16.5. The molecule has 0 saturated heterocycles. The molecule has 6 heteroatoms. The summed E-state index contributed by atoms with van der Waals surface area (Å²) in [5.41, 5.74) is 2.06. The fraction of sp³-hybridized carbons (Fsp3) is 0.692. The second-order valence-corrected chi connectivity index (χ2v) is 4.87. The van der Waals surface area contributed by atoms with E-state index in [9.17, 15) is 4.79 Å². The molecule has 0 aromatic carbocycles. The van der Waals surface area contributed by atoms with Gasteiger partial charge in [0.15, 0.2) is 0 Å². The number of fused-ring (bicyclic) bond motifs is 1. The third-order valence-corrected chi connectivity index (χ3v) is 3.35. The smallest absolute Gasteiger partial charge is 0.303 e. The maximum atomic E-state index is 10.6. The first-order valence-electron chi connectivity index (χ1n) is 6.67. The van der Waals surface area contributed by atoms with Crippen molar-refractivity contribution in [3.05, 3.63) is 17.5 Å². The van der Waals surface area contributed by atoms with Crippen LogP contribution in [0.1, 0.15) is 24.2 Å². The maximum absolute atomic E-state index is 10.6. The first kappa shape index (κ1) is 14.0. The molecule has 0 aliphatic carbocycles. The molecule has 0 fully saturated rings. The lowest BCUT2D eigenvalue weighted by Gasteiger charge is -2.18. The summed E-state index contributed by atoms with van der Waals surface area (Å²) in [4.78, 5) is 12.9. The monoisotopic (exact) mass is 267 g/mol. The Hall–Kier alpha value is -1.40. The van der Waals surface area contributed by atoms with Gasteiger partial charge < -0.3 is 9.84 Å². The van der Waals surface area contributed by atoms with Crippen molar-refractivity contribution in [2.45, 2.75) is 32.4 Å². The predicted octanol–water partition coefficient (Wildman–Crippen LogP) is 0.752. The summed E-state index contributed by atoms with van der Waals surface area (Å²) >= 11 is 0. The van der Waals surface area contributed by atoms with Crippen LogP contribution < -0.4 is 0 Å². The van der Waals surface area contributed by atoms with E-state index in [2.05, 4.69) is 10.00 Å². The highest BCUT2D eigenvalue weighted by Gasteiger charge is 2.16. The van der Waals surface area contributed by atoms with Crippen LogP contribution in [0.5, 0.6) is 0 Å². The van der Waals surface area contributed by atoms with E-state index in [1.807, 2.05) is 10.7 Å². The first-order valence-corrected chi connectivity index (χ1v) is 6.67. The largest absolute Gasteiger partial charge is 0.481 e. The van der Waals surface area contributed by atoms with Gasteiger partial charge in [0.05, 0.1) is 24.4 Å². The second kappa shape index (κ2) is 6.68. The Kier molecular flexibility index (Phi) is 4.93. The third kappa shape index (κ3) is 4.04. The fourth-order valence-corrected chi connectivity index (χ4v) is 2.36. The summed E-state index contributed by atoms with van der Waals surface area (Å²) in [7, 11) is 1.71. The number of rotatable bonds is 6. The number of carbonyl (C=O) groups is 1. The molecule has 1 aromatic heterocycles. The lowest BCUT2D eigenvalue weighted by atomic mass is 10.2. The molecule has 0 unspecified atom stereocenters. The van der Waals surface area contributed by atoms with E-state index in [0.29, 0.717) is 6.42 Å². The van der Waals surface area contributed by atoms with E-state index in [4.69, 9.17) is 9.84 Å². The summed E-state index contributed by atoms with van der Waals surface area (Å²) < 4.78 is 7.13. The molecule has 0 saturated carbocycles. The molecule has 1 aliphatic rings. The van der Waals surface area contributed by atoms with Gasteiger partial charge in [-0.3, -0.25) is 14.4 Å². The van der Waals surface area contributed by atoms with Crippen LogP contribution in [0.25, 0.3) is 0 Å². The van der Waals surface area contributed by atoms with Crippen molar-refractivity contribution in [2.75, 3.05) is 26.8 Å². The molecule has 0 bridgehead atoms. The van der Waals surface area contributed by atoms with Gasteiger partial charge >= 0.3 is 5.97 Å². The van der Waals surface area contributed by atoms with Gasteiger partial charge in [-0.25, -0.2) is 0 Å². The zero-order chi connectivity index (χ0) is 13.7. The molecule has 0 atom stereocenters. The maximum Gasteiger partial charge on any atom is 0.303 e. The number of aryl methyl sites for hydroxylation is 2. The summed E-state index contributed by atoms with van der Waals surface area (Å²) in [6, 6.07) is 2.04. The summed E-state index contributed by atoms with van der Waals surface area (Å²) in [5, 5.41) is 13.2. The van der Waals surface area contributed by atoms with Crippen LogP contribution in [0, 0.1) is 0 Å². The van der Waals surface area contributed by atoms with Crippen molar-refractivity contribution in [2.24, 2.45) is 0 Å². The van der Waals surface area contributed by atoms with Gasteiger partial charge in [0.2, 0.25) is 0 Å². The van der Waals surface area contributed by atoms with Crippen molar-refractivity contribution in [3.63, 3.8) is 0 Å². The van der Waals surface area contributed by atoms with E-state index >= 15 is 0 Å². The molecule has 1 N–H and O–H groups in total. The lowest BCUT2D eigenvalue weighted by molar-refractivity contribution is -0.136. The molecule has 2 heterocycles. The molecule has 6 nitrogen and oxygen atoms in total. The van der Waals surface area contributed by atoms with Gasteiger partial charge in [0, 0.05) is 39.7 Å². The molecule has 0 spiro atoms. The normalized spacial score (nSPS) is 16.1. The number of carboxylic acids is 1. The van der Waals surface area contributed by atoms with Crippen molar-refractivity contribution in [1.29, 1.82) is 0 Å². The number of aliphatic carboxylic acids is 1. The van der Waals surface area contributed by atoms with Gasteiger partial charge in [0.25, 0.3) is 0 Å². The third-order valence-electron chi connectivity index (χ3n) is 3.35. The van der Waals surface area contributed by atoms with Crippen molar-refractivity contribution >= 4 is 5.97 Å². The summed E-state index contributed by atoms with van der Waals surface area (Å²) in [5.74, 6) is -0.773. The Morgan fingerprint density at radius 3 is 3.11 bits per heavy atom. The highest BCUT2D eigenvalue weighted by Crippen LogP contribution is 2.14. The molecule has 0 radical (unpaired) electrons. The van der Waals surface area contributed by atoms with Crippen molar-refractivity contribution in [3.8, 4) is 0 Å². The number of nitrogens with zero attached hydrogens (tertiary/aromatic N) is 3. The number of ether oxygens (including phenoxy) is 1. The molecule has 19 heavy (non-hydrogen) atoms. The van der Waals surface area contributed by atoms with Crippen molar-refractivity contribution in [1.82, 2.24) is 14.7 Å². The first-order chi connectivity index (χ1) is 9.19. The predicted molar refractivity (Wildman–Crippen MR) is 70.0 cm³/mol. The van der Waals surface area contributed by atoms with Crippen LogP contribution in [-0.4, -0.2) is 52.6 Å². The van der Waals surface area contributed by atoms with Gasteiger partial charge in [-0.1, -0.05) is 0 Å². The number of carboxylic acid groups (broad SMARTS) is 1. The standard InChI is InChI=1S/C13H21N3O3/c1-19-8-7-15-5-2-6-16-12(10-15)9-11(14-16)3-4-13(17)18/h9H,2-8,10H2,1H3,(H,17,18).